The lowest BCUT2D eigenvalue weighted by molar-refractivity contribution is -0.304. The van der Waals surface area contributed by atoms with Crippen LogP contribution in [-0.2, 0) is 0 Å². The van der Waals surface area contributed by atoms with Crippen molar-refractivity contribution in [1.82, 2.24) is 5.32 Å². The van der Waals surface area contributed by atoms with Crippen molar-refractivity contribution in [2.45, 2.75) is 31.2 Å². The molecule has 0 saturated carbocycles. The summed E-state index contributed by atoms with van der Waals surface area (Å²) in [4.78, 5) is 11.7. The Bertz CT molecular complexity index is 622. The van der Waals surface area contributed by atoms with E-state index in [9.17, 15) is 36.3 Å². The van der Waals surface area contributed by atoms with Crippen LogP contribution in [0.4, 0.5) is 42.5 Å². The number of hydrogen-bond donors (Lipinski definition) is 3. The van der Waals surface area contributed by atoms with E-state index in [1.54, 1.807) is 5.32 Å². The topological polar surface area (TPSA) is 87.7 Å². The third-order valence-corrected chi connectivity index (χ3v) is 3.47. The summed E-state index contributed by atoms with van der Waals surface area (Å²) in [5, 5.41) is 21.5. The molecule has 1 rings (SSSR count). The van der Waals surface area contributed by atoms with Gasteiger partial charge in [-0.2, -0.15) is 26.3 Å². The Morgan fingerprint density at radius 2 is 1.76 bits per heavy atom. The number of alkyl halides is 6. The molecule has 0 aliphatic heterocycles. The molecule has 0 fully saturated rings. The molecule has 0 atom stereocenters. The second kappa shape index (κ2) is 7.14. The Hall–Kier alpha value is -1.92. The maximum absolute atomic E-state index is 13.0. The minimum atomic E-state index is -5.83. The summed E-state index contributed by atoms with van der Waals surface area (Å²) in [6.45, 7) is 0.599. The molecule has 25 heavy (non-hydrogen) atoms. The molecule has 0 spiro atoms. The smallest absolute Gasteiger partial charge is 0.420 e. The third kappa shape index (κ3) is 4.38. The number of anilines is 2. The first-order valence-corrected chi connectivity index (χ1v) is 6.81. The Kier molecular flexibility index (Phi) is 6.03. The Balaban J connectivity index is 3.17. The summed E-state index contributed by atoms with van der Waals surface area (Å²) < 4.78 is 77.7. The highest BCUT2D eigenvalue weighted by Crippen LogP contribution is 2.45. The fraction of sp³-hybridized carbons (Fsp3) is 0.417. The van der Waals surface area contributed by atoms with Crippen molar-refractivity contribution in [2.24, 2.45) is 0 Å². The summed E-state index contributed by atoms with van der Waals surface area (Å²) in [5.74, 6) is 0. The van der Waals surface area contributed by atoms with Gasteiger partial charge in [-0.25, -0.2) is 4.79 Å². The standard InChI is InChI=1S/C12H11ClF6N3O3/c1-2-10(11(14,15)16,12(17,18)19)21-9(23)20-7-4-3-6(13)5-8(7)22(24)25/h3-5,24H,2H2,1H3,(H2,20,21,23)/q-1. The maximum atomic E-state index is 13.0. The molecule has 0 aromatic heterocycles. The highest BCUT2D eigenvalue weighted by atomic mass is 35.5. The SMILES string of the molecule is CCC(NC(=O)Nc1ccc(Cl)cc1N([O-])O)(C(F)(F)F)C(F)(F)F. The van der Waals surface area contributed by atoms with Gasteiger partial charge in [-0.3, -0.25) is 5.21 Å². The molecule has 0 heterocycles. The summed E-state index contributed by atoms with van der Waals surface area (Å²) in [6.07, 6.45) is -13.2. The molecule has 0 aliphatic carbocycles. The van der Waals surface area contributed by atoms with Gasteiger partial charge in [0.05, 0.1) is 11.4 Å². The predicted molar refractivity (Wildman–Crippen MR) is 76.4 cm³/mol. The average molecular weight is 395 g/mol. The minimum Gasteiger partial charge on any atom is -0.733 e. The molecular formula is C12H11ClF6N3O3-. The molecule has 2 amide bonds. The monoisotopic (exact) mass is 394 g/mol. The summed E-state index contributed by atoms with van der Waals surface area (Å²) >= 11 is 5.54. The molecule has 0 saturated heterocycles. The van der Waals surface area contributed by atoms with Crippen molar-refractivity contribution in [1.29, 1.82) is 0 Å². The number of carbonyl (C=O) groups excluding carboxylic acids is 1. The first-order chi connectivity index (χ1) is 11.2. The van der Waals surface area contributed by atoms with Crippen LogP contribution in [0.3, 0.4) is 0 Å². The molecule has 6 nitrogen and oxygen atoms in total. The van der Waals surface area contributed by atoms with Crippen LogP contribution in [0.15, 0.2) is 18.2 Å². The zero-order valence-corrected chi connectivity index (χ0v) is 13.1. The molecule has 142 valence electrons. The van der Waals surface area contributed by atoms with Crippen LogP contribution in [0.25, 0.3) is 0 Å². The van der Waals surface area contributed by atoms with Crippen molar-refractivity contribution in [3.05, 3.63) is 28.4 Å². The number of urea groups is 1. The van der Waals surface area contributed by atoms with Gasteiger partial charge in [0.2, 0.25) is 5.54 Å². The van der Waals surface area contributed by atoms with Gasteiger partial charge in [-0.15, -0.1) is 0 Å². The van der Waals surface area contributed by atoms with Crippen molar-refractivity contribution in [2.75, 3.05) is 10.5 Å². The predicted octanol–water partition coefficient (Wildman–Crippen LogP) is 4.43. The van der Waals surface area contributed by atoms with Gasteiger partial charge in [0, 0.05) is 5.02 Å². The van der Waals surface area contributed by atoms with Gasteiger partial charge in [0.25, 0.3) is 0 Å². The molecule has 0 unspecified atom stereocenters. The van der Waals surface area contributed by atoms with Crippen molar-refractivity contribution >= 4 is 29.0 Å². The lowest BCUT2D eigenvalue weighted by Gasteiger charge is -2.37. The van der Waals surface area contributed by atoms with Gasteiger partial charge < -0.3 is 21.1 Å². The molecule has 0 radical (unpaired) electrons. The third-order valence-electron chi connectivity index (χ3n) is 3.24. The van der Waals surface area contributed by atoms with Crippen LogP contribution in [0.1, 0.15) is 13.3 Å². The first-order valence-electron chi connectivity index (χ1n) is 6.43. The van der Waals surface area contributed by atoms with Crippen LogP contribution < -0.4 is 15.9 Å². The van der Waals surface area contributed by atoms with E-state index in [2.05, 4.69) is 0 Å². The molecule has 3 N–H and O–H groups in total. The number of halogens is 7. The fourth-order valence-corrected chi connectivity index (χ4v) is 2.07. The van der Waals surface area contributed by atoms with Crippen molar-refractivity contribution in [3.63, 3.8) is 0 Å². The average Bonchev–Trinajstić information content (AvgIpc) is 2.43. The highest BCUT2D eigenvalue weighted by molar-refractivity contribution is 6.31. The first kappa shape index (κ1) is 21.1. The molecule has 0 bridgehead atoms. The Morgan fingerprint density at radius 1 is 1.24 bits per heavy atom. The molecule has 13 heteroatoms. The van der Waals surface area contributed by atoms with Gasteiger partial charge in [-0.1, -0.05) is 18.5 Å². The van der Waals surface area contributed by atoms with Crippen molar-refractivity contribution in [3.8, 4) is 0 Å². The quantitative estimate of drug-likeness (QED) is 0.521. The van der Waals surface area contributed by atoms with Crippen LogP contribution in [0.5, 0.6) is 0 Å². The van der Waals surface area contributed by atoms with Crippen LogP contribution in [0.2, 0.25) is 5.02 Å². The number of benzene rings is 1. The largest absolute Gasteiger partial charge is 0.733 e. The van der Waals surface area contributed by atoms with E-state index in [0.717, 1.165) is 23.5 Å². The highest BCUT2D eigenvalue weighted by Gasteiger charge is 2.70. The second-order valence-electron chi connectivity index (χ2n) is 4.77. The van der Waals surface area contributed by atoms with Crippen LogP contribution in [-0.4, -0.2) is 29.1 Å². The number of amides is 2. The number of hydrogen-bond acceptors (Lipinski definition) is 4. The summed E-state index contributed by atoms with van der Waals surface area (Å²) in [5.41, 5.74) is -5.75. The normalized spacial score (nSPS) is 12.7. The lowest BCUT2D eigenvalue weighted by atomic mass is 9.94. The number of nitrogens with zero attached hydrogens (tertiary/aromatic N) is 1. The van der Waals surface area contributed by atoms with E-state index in [4.69, 9.17) is 16.8 Å². The van der Waals surface area contributed by atoms with Crippen molar-refractivity contribution < 1.29 is 36.3 Å². The number of carbonyl (C=O) groups is 1. The second-order valence-corrected chi connectivity index (χ2v) is 5.20. The lowest BCUT2D eigenvalue weighted by Crippen LogP contribution is -2.67. The van der Waals surface area contributed by atoms with Crippen LogP contribution in [0, 0.1) is 5.21 Å². The van der Waals surface area contributed by atoms with E-state index >= 15 is 0 Å². The fourth-order valence-electron chi connectivity index (χ4n) is 1.91. The Morgan fingerprint density at radius 3 is 2.16 bits per heavy atom. The van der Waals surface area contributed by atoms with Gasteiger partial charge >= 0.3 is 18.4 Å². The van der Waals surface area contributed by atoms with E-state index in [0.29, 0.717) is 6.92 Å². The molecule has 1 aromatic rings. The zero-order valence-electron chi connectivity index (χ0n) is 12.3. The zero-order chi connectivity index (χ0) is 19.6. The Labute approximate surface area is 141 Å². The van der Waals surface area contributed by atoms with E-state index < -0.39 is 46.9 Å². The maximum Gasteiger partial charge on any atom is 0.420 e. The van der Waals surface area contributed by atoms with E-state index in [-0.39, 0.29) is 5.02 Å². The number of rotatable bonds is 4. The minimum absolute atomic E-state index is 0.0793. The van der Waals surface area contributed by atoms with Gasteiger partial charge in [0.1, 0.15) is 0 Å². The molecular weight excluding hydrogens is 384 g/mol. The van der Waals surface area contributed by atoms with Gasteiger partial charge in [-0.05, 0) is 24.6 Å². The summed E-state index contributed by atoms with van der Waals surface area (Å²) in [7, 11) is 0. The number of nitrogens with one attached hydrogen (secondary N) is 2. The van der Waals surface area contributed by atoms with Crippen LogP contribution >= 0.6 is 11.6 Å². The van der Waals surface area contributed by atoms with E-state index in [1.807, 2.05) is 0 Å². The molecule has 1 aromatic carbocycles. The van der Waals surface area contributed by atoms with Gasteiger partial charge in [0.15, 0.2) is 0 Å². The van der Waals surface area contributed by atoms with E-state index in [1.165, 1.54) is 0 Å². The summed E-state index contributed by atoms with van der Waals surface area (Å²) in [6, 6.07) is 0.949. The molecule has 0 aliphatic rings.